The van der Waals surface area contributed by atoms with Crippen LogP contribution < -0.4 is 0 Å². The van der Waals surface area contributed by atoms with Crippen molar-refractivity contribution >= 4 is 17.6 Å². The molecule has 1 aromatic carbocycles. The third-order valence-corrected chi connectivity index (χ3v) is 6.55. The summed E-state index contributed by atoms with van der Waals surface area (Å²) in [5.41, 5.74) is 2.53. The predicted molar refractivity (Wildman–Crippen MR) is 106 cm³/mol. The van der Waals surface area contributed by atoms with Crippen molar-refractivity contribution in [3.8, 4) is 0 Å². The molecule has 4 rings (SSSR count). The third kappa shape index (κ3) is 3.49. The molecule has 1 spiro atoms. The van der Waals surface area contributed by atoms with Crippen LogP contribution >= 0.6 is 11.3 Å². The molecule has 0 radical (unpaired) electrons. The second kappa shape index (κ2) is 7.61. The zero-order chi connectivity index (χ0) is 18.0. The molecule has 138 valence electrons. The van der Waals surface area contributed by atoms with Gasteiger partial charge in [-0.2, -0.15) is 0 Å². The van der Waals surface area contributed by atoms with Crippen LogP contribution in [-0.4, -0.2) is 44.7 Å². The molecule has 0 bridgehead atoms. The normalized spacial score (nSPS) is 22.8. The third-order valence-electron chi connectivity index (χ3n) is 5.46. The van der Waals surface area contributed by atoms with Crippen LogP contribution in [0.15, 0.2) is 41.4 Å². The molecule has 0 amide bonds. The first kappa shape index (κ1) is 17.9. The van der Waals surface area contributed by atoms with Gasteiger partial charge in [0.05, 0.1) is 5.60 Å². The van der Waals surface area contributed by atoms with Crippen molar-refractivity contribution in [2.24, 2.45) is 4.99 Å². The van der Waals surface area contributed by atoms with Crippen molar-refractivity contribution in [3.63, 3.8) is 0 Å². The van der Waals surface area contributed by atoms with Gasteiger partial charge in [0.2, 0.25) is 0 Å². The Morgan fingerprint density at radius 1 is 1.31 bits per heavy atom. The van der Waals surface area contributed by atoms with Gasteiger partial charge >= 0.3 is 0 Å². The Balaban J connectivity index is 1.53. The zero-order valence-electron chi connectivity index (χ0n) is 15.5. The van der Waals surface area contributed by atoms with Crippen molar-refractivity contribution < 1.29 is 9.47 Å². The fourth-order valence-corrected chi connectivity index (χ4v) is 5.31. The highest BCUT2D eigenvalue weighted by molar-refractivity contribution is 7.13. The van der Waals surface area contributed by atoms with Gasteiger partial charge in [0.1, 0.15) is 0 Å². The van der Waals surface area contributed by atoms with Crippen LogP contribution in [0, 0.1) is 0 Å². The summed E-state index contributed by atoms with van der Waals surface area (Å²) in [6.45, 7) is 3.09. The Bertz CT molecular complexity index is 764. The van der Waals surface area contributed by atoms with Crippen LogP contribution in [-0.2, 0) is 28.0 Å². The second-order valence-corrected chi connectivity index (χ2v) is 8.28. The molecule has 2 aliphatic heterocycles. The van der Waals surface area contributed by atoms with Crippen LogP contribution in [0.4, 0.5) is 0 Å². The van der Waals surface area contributed by atoms with Gasteiger partial charge in [0, 0.05) is 56.2 Å². The van der Waals surface area contributed by atoms with Crippen molar-refractivity contribution in [2.75, 3.05) is 27.2 Å². The molecule has 0 N–H and O–H groups in total. The van der Waals surface area contributed by atoms with Crippen molar-refractivity contribution in [1.82, 2.24) is 4.90 Å². The monoisotopic (exact) mass is 370 g/mol. The number of piperidine rings is 1. The second-order valence-electron chi connectivity index (χ2n) is 7.12. The molecule has 1 atom stereocenters. The minimum Gasteiger partial charge on any atom is -0.355 e. The summed E-state index contributed by atoms with van der Waals surface area (Å²) < 4.78 is 12.1. The van der Waals surface area contributed by atoms with E-state index in [1.165, 1.54) is 20.9 Å². The maximum absolute atomic E-state index is 6.49. The maximum Gasteiger partial charge on any atom is 0.163 e. The largest absolute Gasteiger partial charge is 0.355 e. The topological polar surface area (TPSA) is 34.1 Å². The highest BCUT2D eigenvalue weighted by Crippen LogP contribution is 2.46. The first-order valence-corrected chi connectivity index (χ1v) is 10.1. The summed E-state index contributed by atoms with van der Waals surface area (Å²) in [6.07, 6.45) is 4.65. The van der Waals surface area contributed by atoms with Gasteiger partial charge < -0.3 is 9.47 Å². The van der Waals surface area contributed by atoms with E-state index < -0.39 is 0 Å². The molecule has 1 unspecified atom stereocenters. The van der Waals surface area contributed by atoms with E-state index in [9.17, 15) is 0 Å². The number of aliphatic imine (C=N–C) groups is 1. The average Bonchev–Trinajstić information content (AvgIpc) is 3.08. The lowest BCUT2D eigenvalue weighted by Gasteiger charge is -2.46. The smallest absolute Gasteiger partial charge is 0.163 e. The Morgan fingerprint density at radius 2 is 2.08 bits per heavy atom. The van der Waals surface area contributed by atoms with Crippen molar-refractivity contribution in [1.29, 1.82) is 0 Å². The zero-order valence-corrected chi connectivity index (χ0v) is 16.3. The van der Waals surface area contributed by atoms with E-state index >= 15 is 0 Å². The van der Waals surface area contributed by atoms with Crippen LogP contribution in [0.25, 0.3) is 0 Å². The first-order chi connectivity index (χ1) is 12.7. The van der Waals surface area contributed by atoms with Crippen molar-refractivity contribution in [2.45, 2.75) is 37.7 Å². The molecule has 26 heavy (non-hydrogen) atoms. The first-order valence-electron chi connectivity index (χ1n) is 9.25. The van der Waals surface area contributed by atoms with E-state index in [-0.39, 0.29) is 11.9 Å². The maximum atomic E-state index is 6.49. The number of nitrogens with zero attached hydrogens (tertiary/aromatic N) is 2. The minimum atomic E-state index is -0.211. The van der Waals surface area contributed by atoms with Gasteiger partial charge in [0.15, 0.2) is 6.29 Å². The summed E-state index contributed by atoms with van der Waals surface area (Å²) in [5, 5.41) is 0. The number of thiophene rings is 1. The van der Waals surface area contributed by atoms with Gasteiger partial charge in [0.25, 0.3) is 0 Å². The van der Waals surface area contributed by atoms with Crippen LogP contribution in [0.3, 0.4) is 0 Å². The lowest BCUT2D eigenvalue weighted by atomic mass is 9.82. The van der Waals surface area contributed by atoms with Gasteiger partial charge in [-0.15, -0.1) is 11.3 Å². The molecule has 0 aliphatic carbocycles. The van der Waals surface area contributed by atoms with E-state index in [0.717, 1.165) is 38.9 Å². The molecule has 0 saturated carbocycles. The summed E-state index contributed by atoms with van der Waals surface area (Å²) in [4.78, 5) is 9.32. The summed E-state index contributed by atoms with van der Waals surface area (Å²) in [5.74, 6) is 0. The van der Waals surface area contributed by atoms with E-state index in [1.807, 2.05) is 24.6 Å². The Kier molecular flexibility index (Phi) is 5.23. The molecule has 3 heterocycles. The number of rotatable bonds is 4. The van der Waals surface area contributed by atoms with Crippen LogP contribution in [0.5, 0.6) is 0 Å². The number of hydrogen-bond donors (Lipinski definition) is 0. The van der Waals surface area contributed by atoms with E-state index in [1.54, 1.807) is 7.11 Å². The fourth-order valence-electron chi connectivity index (χ4n) is 4.12. The van der Waals surface area contributed by atoms with Gasteiger partial charge in [-0.1, -0.05) is 30.3 Å². The Labute approximate surface area is 159 Å². The van der Waals surface area contributed by atoms with E-state index in [0.29, 0.717) is 0 Å². The molecule has 1 aromatic heterocycles. The van der Waals surface area contributed by atoms with Gasteiger partial charge in [-0.25, -0.2) is 0 Å². The molecule has 4 nitrogen and oxygen atoms in total. The quantitative estimate of drug-likeness (QED) is 0.767. The van der Waals surface area contributed by atoms with E-state index in [2.05, 4.69) is 46.3 Å². The SMILES string of the molecule is C/N=C/c1cc2c(s1)CC(OC)OC21CCN(Cc2ccccc2)CC1. The number of fused-ring (bicyclic) bond motifs is 2. The highest BCUT2D eigenvalue weighted by Gasteiger charge is 2.44. The van der Waals surface area contributed by atoms with Crippen LogP contribution in [0.1, 0.15) is 33.7 Å². The molecule has 2 aromatic rings. The number of benzene rings is 1. The minimum absolute atomic E-state index is 0.145. The highest BCUT2D eigenvalue weighted by atomic mass is 32.1. The molecule has 1 saturated heterocycles. The summed E-state index contributed by atoms with van der Waals surface area (Å²) in [6, 6.07) is 13.0. The Morgan fingerprint density at radius 3 is 2.77 bits per heavy atom. The number of ether oxygens (including phenoxy) is 2. The van der Waals surface area contributed by atoms with Crippen LogP contribution in [0.2, 0.25) is 0 Å². The van der Waals surface area contributed by atoms with Gasteiger partial charge in [-0.3, -0.25) is 9.89 Å². The average molecular weight is 371 g/mol. The summed E-state index contributed by atoms with van der Waals surface area (Å²) in [7, 11) is 3.57. The predicted octanol–water partition coefficient (Wildman–Crippen LogP) is 3.83. The fraction of sp³-hybridized carbons (Fsp3) is 0.476. The molecular weight excluding hydrogens is 344 g/mol. The standard InChI is InChI=1S/C21H26N2O2S/c1-22-14-17-12-18-19(26-17)13-20(24-2)25-21(18)8-10-23(11-9-21)15-16-6-4-3-5-7-16/h3-7,12,14,20H,8-11,13,15H2,1-2H3/b22-14+. The number of likely N-dealkylation sites (tertiary alicyclic amines) is 1. The molecule has 2 aliphatic rings. The Hall–Kier alpha value is -1.53. The van der Waals surface area contributed by atoms with E-state index in [4.69, 9.17) is 9.47 Å². The molecule has 1 fully saturated rings. The molecular formula is C21H26N2O2S. The summed E-state index contributed by atoms with van der Waals surface area (Å²) >= 11 is 1.83. The van der Waals surface area contributed by atoms with Gasteiger partial charge in [-0.05, 0) is 30.0 Å². The number of hydrogen-bond acceptors (Lipinski definition) is 5. The van der Waals surface area contributed by atoms with Crippen molar-refractivity contribution in [3.05, 3.63) is 57.3 Å². The lowest BCUT2D eigenvalue weighted by molar-refractivity contribution is -0.226. The number of methoxy groups -OCH3 is 1. The molecule has 5 heteroatoms. The lowest BCUT2D eigenvalue weighted by Crippen LogP contribution is -2.48.